The molecule has 16 heavy (non-hydrogen) atoms. The number of rotatable bonds is 3. The van der Waals surface area contributed by atoms with E-state index in [4.69, 9.17) is 0 Å². The van der Waals surface area contributed by atoms with Gasteiger partial charge in [0.1, 0.15) is 0 Å². The third-order valence-corrected chi connectivity index (χ3v) is 2.97. The highest BCUT2D eigenvalue weighted by Crippen LogP contribution is 2.25. The number of carbonyl (C=O) groups is 1. The lowest BCUT2D eigenvalue weighted by Gasteiger charge is -2.03. The average molecular weight is 235 g/mol. The summed E-state index contributed by atoms with van der Waals surface area (Å²) < 4.78 is 5.29. The summed E-state index contributed by atoms with van der Waals surface area (Å²) >= 11 is 1.39. The van der Waals surface area contributed by atoms with Gasteiger partial charge in [-0.15, -0.1) is 0 Å². The maximum absolute atomic E-state index is 11.5. The van der Waals surface area contributed by atoms with Crippen LogP contribution in [0.25, 0.3) is 10.1 Å². The van der Waals surface area contributed by atoms with E-state index in [-0.39, 0.29) is 6.03 Å². The van der Waals surface area contributed by atoms with Crippen molar-refractivity contribution in [2.75, 3.05) is 11.9 Å². The molecule has 0 aliphatic rings. The molecule has 0 atom stereocenters. The van der Waals surface area contributed by atoms with Crippen molar-refractivity contribution >= 4 is 33.5 Å². The summed E-state index contributed by atoms with van der Waals surface area (Å²) in [5.74, 6) is 0.634. The Balaban J connectivity index is 2.12. The zero-order chi connectivity index (χ0) is 11.4. The Morgan fingerprint density at radius 3 is 3.06 bits per heavy atom. The van der Waals surface area contributed by atoms with E-state index in [1.54, 1.807) is 0 Å². The first kappa shape index (κ1) is 10.9. The second-order valence-electron chi connectivity index (χ2n) is 3.41. The Bertz CT molecular complexity index is 495. The summed E-state index contributed by atoms with van der Waals surface area (Å²) in [6.07, 6.45) is 0.922. The Morgan fingerprint density at radius 2 is 2.25 bits per heavy atom. The summed E-state index contributed by atoms with van der Waals surface area (Å²) in [6.45, 7) is 2.69. The minimum Gasteiger partial charge on any atom is -0.338 e. The number of urea groups is 1. The van der Waals surface area contributed by atoms with Crippen molar-refractivity contribution in [3.8, 4) is 0 Å². The number of carbonyl (C=O) groups excluding carboxylic acids is 1. The number of amides is 2. The second-order valence-corrected chi connectivity index (χ2v) is 4.21. The normalized spacial score (nSPS) is 10.3. The van der Waals surface area contributed by atoms with Crippen LogP contribution in [0.1, 0.15) is 13.3 Å². The molecule has 0 bridgehead atoms. The van der Waals surface area contributed by atoms with E-state index in [0.29, 0.717) is 12.4 Å². The van der Waals surface area contributed by atoms with Crippen LogP contribution < -0.4 is 10.6 Å². The standard InChI is InChI=1S/C11H13N3OS/c1-2-7-12-11(15)13-10-8-5-3-4-6-9(8)16-14-10/h3-6H,2,7H2,1H3,(H2,12,13,14,15). The first-order chi connectivity index (χ1) is 7.81. The summed E-state index contributed by atoms with van der Waals surface area (Å²) in [5.41, 5.74) is 0. The number of nitrogens with zero attached hydrogens (tertiary/aromatic N) is 1. The molecule has 4 nitrogen and oxygen atoms in total. The highest BCUT2D eigenvalue weighted by molar-refractivity contribution is 7.13. The molecule has 1 aromatic carbocycles. The second kappa shape index (κ2) is 4.94. The molecule has 0 unspecified atom stereocenters. The molecule has 0 aliphatic heterocycles. The molecule has 0 saturated heterocycles. The van der Waals surface area contributed by atoms with E-state index in [1.165, 1.54) is 11.5 Å². The van der Waals surface area contributed by atoms with Crippen LogP contribution in [0.3, 0.4) is 0 Å². The van der Waals surface area contributed by atoms with Crippen LogP contribution in [-0.4, -0.2) is 16.9 Å². The van der Waals surface area contributed by atoms with Gasteiger partial charge in [0.2, 0.25) is 0 Å². The molecule has 2 N–H and O–H groups in total. The van der Waals surface area contributed by atoms with Crippen LogP contribution >= 0.6 is 11.5 Å². The Labute approximate surface area is 97.8 Å². The minimum absolute atomic E-state index is 0.196. The molecule has 2 rings (SSSR count). The van der Waals surface area contributed by atoms with Crippen molar-refractivity contribution in [1.29, 1.82) is 0 Å². The van der Waals surface area contributed by atoms with E-state index in [2.05, 4.69) is 15.0 Å². The average Bonchev–Trinajstić information content (AvgIpc) is 2.70. The lowest BCUT2D eigenvalue weighted by molar-refractivity contribution is 0.252. The molecule has 0 radical (unpaired) electrons. The zero-order valence-electron chi connectivity index (χ0n) is 8.99. The van der Waals surface area contributed by atoms with Crippen molar-refractivity contribution in [2.45, 2.75) is 13.3 Å². The smallest absolute Gasteiger partial charge is 0.320 e. The first-order valence-electron chi connectivity index (χ1n) is 5.20. The quantitative estimate of drug-likeness (QED) is 0.859. The predicted molar refractivity (Wildman–Crippen MR) is 66.9 cm³/mol. The largest absolute Gasteiger partial charge is 0.338 e. The monoisotopic (exact) mass is 235 g/mol. The highest BCUT2D eigenvalue weighted by atomic mass is 32.1. The van der Waals surface area contributed by atoms with Crippen LogP contribution in [-0.2, 0) is 0 Å². The molecule has 2 amide bonds. The number of aromatic nitrogens is 1. The van der Waals surface area contributed by atoms with Gasteiger partial charge in [0.15, 0.2) is 5.82 Å². The lowest BCUT2D eigenvalue weighted by Crippen LogP contribution is -2.29. The SMILES string of the molecule is CCCNC(=O)Nc1nsc2ccccc12. The van der Waals surface area contributed by atoms with Gasteiger partial charge in [-0.1, -0.05) is 19.1 Å². The molecule has 0 spiro atoms. The maximum Gasteiger partial charge on any atom is 0.320 e. The number of hydrogen-bond donors (Lipinski definition) is 2. The fourth-order valence-corrected chi connectivity index (χ4v) is 2.10. The summed E-state index contributed by atoms with van der Waals surface area (Å²) in [4.78, 5) is 11.5. The number of anilines is 1. The van der Waals surface area contributed by atoms with Gasteiger partial charge in [0, 0.05) is 11.9 Å². The van der Waals surface area contributed by atoms with Gasteiger partial charge in [-0.05, 0) is 30.1 Å². The van der Waals surface area contributed by atoms with E-state index in [1.807, 2.05) is 31.2 Å². The van der Waals surface area contributed by atoms with Crippen molar-refractivity contribution in [2.24, 2.45) is 0 Å². The molecule has 0 saturated carbocycles. The van der Waals surface area contributed by atoms with Gasteiger partial charge in [-0.2, -0.15) is 4.37 Å². The van der Waals surface area contributed by atoms with Crippen LogP contribution in [0.15, 0.2) is 24.3 Å². The number of nitrogens with one attached hydrogen (secondary N) is 2. The fourth-order valence-electron chi connectivity index (χ4n) is 1.37. The van der Waals surface area contributed by atoms with Crippen molar-refractivity contribution in [1.82, 2.24) is 9.69 Å². The molecular formula is C11H13N3OS. The summed E-state index contributed by atoms with van der Waals surface area (Å²) in [7, 11) is 0. The first-order valence-corrected chi connectivity index (χ1v) is 5.98. The van der Waals surface area contributed by atoms with Crippen LogP contribution in [0.5, 0.6) is 0 Å². The van der Waals surface area contributed by atoms with Gasteiger partial charge >= 0.3 is 6.03 Å². The number of hydrogen-bond acceptors (Lipinski definition) is 3. The van der Waals surface area contributed by atoms with Gasteiger partial charge < -0.3 is 5.32 Å². The summed E-state index contributed by atoms with van der Waals surface area (Å²) in [5, 5.41) is 6.48. The Morgan fingerprint density at radius 1 is 1.44 bits per heavy atom. The van der Waals surface area contributed by atoms with Gasteiger partial charge in [0.25, 0.3) is 0 Å². The topological polar surface area (TPSA) is 54.0 Å². The highest BCUT2D eigenvalue weighted by Gasteiger charge is 2.07. The van der Waals surface area contributed by atoms with E-state index < -0.39 is 0 Å². The molecule has 84 valence electrons. The fraction of sp³-hybridized carbons (Fsp3) is 0.273. The molecule has 1 heterocycles. The molecule has 1 aromatic heterocycles. The van der Waals surface area contributed by atoms with E-state index >= 15 is 0 Å². The van der Waals surface area contributed by atoms with Crippen molar-refractivity contribution in [3.63, 3.8) is 0 Å². The van der Waals surface area contributed by atoms with Gasteiger partial charge in [0.05, 0.1) is 4.70 Å². The van der Waals surface area contributed by atoms with E-state index in [9.17, 15) is 4.79 Å². The molecule has 2 aromatic rings. The molecular weight excluding hydrogens is 222 g/mol. The van der Waals surface area contributed by atoms with Crippen molar-refractivity contribution in [3.05, 3.63) is 24.3 Å². The van der Waals surface area contributed by atoms with Gasteiger partial charge in [-0.3, -0.25) is 5.32 Å². The minimum atomic E-state index is -0.196. The Hall–Kier alpha value is -1.62. The van der Waals surface area contributed by atoms with Crippen molar-refractivity contribution < 1.29 is 4.79 Å². The van der Waals surface area contributed by atoms with E-state index in [0.717, 1.165) is 16.5 Å². The lowest BCUT2D eigenvalue weighted by atomic mass is 10.3. The zero-order valence-corrected chi connectivity index (χ0v) is 9.80. The number of benzene rings is 1. The molecule has 5 heteroatoms. The van der Waals surface area contributed by atoms with Crippen LogP contribution in [0.2, 0.25) is 0 Å². The maximum atomic E-state index is 11.5. The number of fused-ring (bicyclic) bond motifs is 1. The predicted octanol–water partition coefficient (Wildman–Crippen LogP) is 2.83. The molecule has 0 aliphatic carbocycles. The summed E-state index contributed by atoms with van der Waals surface area (Å²) in [6, 6.07) is 7.64. The Kier molecular flexibility index (Phi) is 3.36. The van der Waals surface area contributed by atoms with Gasteiger partial charge in [-0.25, -0.2) is 4.79 Å². The van der Waals surface area contributed by atoms with Crippen LogP contribution in [0.4, 0.5) is 10.6 Å². The molecule has 0 fully saturated rings. The third-order valence-electron chi connectivity index (χ3n) is 2.14. The third kappa shape index (κ3) is 2.30. The van der Waals surface area contributed by atoms with Crippen LogP contribution in [0, 0.1) is 0 Å².